The molecule has 0 aliphatic carbocycles. The van der Waals surface area contributed by atoms with E-state index in [-0.39, 0.29) is 5.69 Å². The van der Waals surface area contributed by atoms with Gasteiger partial charge in [0.2, 0.25) is 0 Å². The van der Waals surface area contributed by atoms with Crippen molar-refractivity contribution >= 4 is 17.3 Å². The SMILES string of the molecule is CN(C)c1ccncc1NC(=O)C(F)(F)F. The van der Waals surface area contributed by atoms with Gasteiger partial charge in [-0.25, -0.2) is 0 Å². The number of hydrogen-bond donors (Lipinski definition) is 1. The van der Waals surface area contributed by atoms with Crippen LogP contribution in [0.3, 0.4) is 0 Å². The summed E-state index contributed by atoms with van der Waals surface area (Å²) in [5, 5.41) is 1.76. The zero-order valence-electron chi connectivity index (χ0n) is 8.67. The minimum atomic E-state index is -4.90. The van der Waals surface area contributed by atoms with Crippen molar-refractivity contribution in [2.45, 2.75) is 6.18 Å². The average molecular weight is 233 g/mol. The molecule has 0 saturated heterocycles. The molecule has 0 unspecified atom stereocenters. The zero-order valence-corrected chi connectivity index (χ0v) is 8.67. The number of rotatable bonds is 2. The monoisotopic (exact) mass is 233 g/mol. The summed E-state index contributed by atoms with van der Waals surface area (Å²) >= 11 is 0. The van der Waals surface area contributed by atoms with Crippen LogP contribution in [-0.4, -0.2) is 31.2 Å². The summed E-state index contributed by atoms with van der Waals surface area (Å²) in [7, 11) is 3.30. The molecule has 0 saturated carbocycles. The molecule has 7 heteroatoms. The van der Waals surface area contributed by atoms with E-state index >= 15 is 0 Å². The van der Waals surface area contributed by atoms with Gasteiger partial charge in [0.1, 0.15) is 0 Å². The molecule has 0 spiro atoms. The maximum atomic E-state index is 12.0. The predicted molar refractivity (Wildman–Crippen MR) is 53.2 cm³/mol. The van der Waals surface area contributed by atoms with E-state index in [1.807, 2.05) is 0 Å². The molecule has 16 heavy (non-hydrogen) atoms. The molecule has 0 atom stereocenters. The van der Waals surface area contributed by atoms with Crippen molar-refractivity contribution in [3.8, 4) is 0 Å². The number of hydrogen-bond acceptors (Lipinski definition) is 3. The molecule has 0 fully saturated rings. The number of anilines is 2. The number of nitrogens with zero attached hydrogens (tertiary/aromatic N) is 2. The molecule has 1 heterocycles. The van der Waals surface area contributed by atoms with Gasteiger partial charge in [0.25, 0.3) is 0 Å². The second-order valence-corrected chi connectivity index (χ2v) is 3.24. The third-order valence-electron chi connectivity index (χ3n) is 1.79. The van der Waals surface area contributed by atoms with E-state index in [1.165, 1.54) is 18.5 Å². The highest BCUT2D eigenvalue weighted by Gasteiger charge is 2.39. The Morgan fingerprint density at radius 2 is 2.06 bits per heavy atom. The van der Waals surface area contributed by atoms with Crippen LogP contribution in [0, 0.1) is 0 Å². The Balaban J connectivity index is 2.94. The maximum Gasteiger partial charge on any atom is 0.471 e. The Kier molecular flexibility index (Phi) is 3.36. The van der Waals surface area contributed by atoms with E-state index in [9.17, 15) is 18.0 Å². The van der Waals surface area contributed by atoms with E-state index < -0.39 is 12.1 Å². The van der Waals surface area contributed by atoms with Crippen LogP contribution in [0.25, 0.3) is 0 Å². The number of amides is 1. The van der Waals surface area contributed by atoms with Gasteiger partial charge in [0, 0.05) is 20.3 Å². The number of aromatic nitrogens is 1. The lowest BCUT2D eigenvalue weighted by molar-refractivity contribution is -0.167. The molecular formula is C9H10F3N3O. The molecule has 1 aromatic rings. The fourth-order valence-corrected chi connectivity index (χ4v) is 1.07. The van der Waals surface area contributed by atoms with Crippen molar-refractivity contribution in [2.24, 2.45) is 0 Å². The van der Waals surface area contributed by atoms with Gasteiger partial charge in [-0.15, -0.1) is 0 Å². The number of carbonyl (C=O) groups excluding carboxylic acids is 1. The number of nitrogens with one attached hydrogen (secondary N) is 1. The number of alkyl halides is 3. The molecule has 1 N–H and O–H groups in total. The van der Waals surface area contributed by atoms with E-state index in [0.717, 1.165) is 0 Å². The maximum absolute atomic E-state index is 12.0. The summed E-state index contributed by atoms with van der Waals surface area (Å²) < 4.78 is 36.1. The van der Waals surface area contributed by atoms with E-state index in [0.29, 0.717) is 5.69 Å². The van der Waals surface area contributed by atoms with E-state index in [1.54, 1.807) is 24.3 Å². The van der Waals surface area contributed by atoms with Crippen molar-refractivity contribution in [1.29, 1.82) is 0 Å². The summed E-state index contributed by atoms with van der Waals surface area (Å²) in [5.74, 6) is -2.01. The smallest absolute Gasteiger partial charge is 0.376 e. The second kappa shape index (κ2) is 4.38. The Labute approximate surface area is 90.1 Å². The van der Waals surface area contributed by atoms with Crippen molar-refractivity contribution in [3.63, 3.8) is 0 Å². The fourth-order valence-electron chi connectivity index (χ4n) is 1.07. The lowest BCUT2D eigenvalue weighted by Gasteiger charge is -2.17. The molecule has 0 bridgehead atoms. The van der Waals surface area contributed by atoms with Crippen LogP contribution < -0.4 is 10.2 Å². The van der Waals surface area contributed by atoms with Crippen LogP contribution in [0.5, 0.6) is 0 Å². The summed E-state index contributed by atoms with van der Waals surface area (Å²) in [5.41, 5.74) is 0.474. The topological polar surface area (TPSA) is 45.2 Å². The Hall–Kier alpha value is -1.79. The van der Waals surface area contributed by atoms with Crippen molar-refractivity contribution in [3.05, 3.63) is 18.5 Å². The van der Waals surface area contributed by atoms with Crippen LogP contribution >= 0.6 is 0 Å². The second-order valence-electron chi connectivity index (χ2n) is 3.24. The molecule has 0 aliphatic rings. The molecular weight excluding hydrogens is 223 g/mol. The van der Waals surface area contributed by atoms with Gasteiger partial charge in [-0.3, -0.25) is 9.78 Å². The summed E-state index contributed by atoms with van der Waals surface area (Å²) in [6.45, 7) is 0. The van der Waals surface area contributed by atoms with Gasteiger partial charge in [-0.1, -0.05) is 0 Å². The van der Waals surface area contributed by atoms with E-state index in [2.05, 4.69) is 4.98 Å². The Morgan fingerprint density at radius 3 is 2.56 bits per heavy atom. The summed E-state index contributed by atoms with van der Waals surface area (Å²) in [6.07, 6.45) is -2.31. The first-order valence-corrected chi connectivity index (χ1v) is 4.32. The van der Waals surface area contributed by atoms with Crippen LogP contribution in [0.4, 0.5) is 24.5 Å². The normalized spacial score (nSPS) is 11.1. The lowest BCUT2D eigenvalue weighted by atomic mass is 10.3. The molecule has 1 aromatic heterocycles. The minimum Gasteiger partial charge on any atom is -0.376 e. The Morgan fingerprint density at radius 1 is 1.44 bits per heavy atom. The average Bonchev–Trinajstić information content (AvgIpc) is 2.16. The van der Waals surface area contributed by atoms with Crippen molar-refractivity contribution < 1.29 is 18.0 Å². The third-order valence-corrected chi connectivity index (χ3v) is 1.79. The molecule has 4 nitrogen and oxygen atoms in total. The number of carbonyl (C=O) groups is 1. The first kappa shape index (κ1) is 12.3. The predicted octanol–water partition coefficient (Wildman–Crippen LogP) is 1.65. The van der Waals surface area contributed by atoms with Gasteiger partial charge in [-0.05, 0) is 6.07 Å². The summed E-state index contributed by atoms with van der Waals surface area (Å²) in [6, 6.07) is 1.51. The lowest BCUT2D eigenvalue weighted by Crippen LogP contribution is -2.30. The largest absolute Gasteiger partial charge is 0.471 e. The van der Waals surface area contributed by atoms with Crippen LogP contribution in [-0.2, 0) is 4.79 Å². The summed E-state index contributed by atoms with van der Waals surface area (Å²) in [4.78, 5) is 16.0. The number of pyridine rings is 1. The highest BCUT2D eigenvalue weighted by molar-refractivity contribution is 5.97. The first-order chi connectivity index (χ1) is 7.32. The van der Waals surface area contributed by atoms with Crippen LogP contribution in [0.1, 0.15) is 0 Å². The quantitative estimate of drug-likeness (QED) is 0.844. The van der Waals surface area contributed by atoms with E-state index in [4.69, 9.17) is 0 Å². The van der Waals surface area contributed by atoms with Gasteiger partial charge >= 0.3 is 12.1 Å². The zero-order chi connectivity index (χ0) is 12.3. The molecule has 0 radical (unpaired) electrons. The highest BCUT2D eigenvalue weighted by atomic mass is 19.4. The highest BCUT2D eigenvalue weighted by Crippen LogP contribution is 2.25. The minimum absolute atomic E-state index is 0.0230. The standard InChI is InChI=1S/C9H10F3N3O/c1-15(2)7-3-4-13-5-6(7)14-8(16)9(10,11)12/h3-5H,1-2H3,(H,14,16). The van der Waals surface area contributed by atoms with Gasteiger partial charge < -0.3 is 10.2 Å². The van der Waals surface area contributed by atoms with Gasteiger partial charge in [-0.2, -0.15) is 13.2 Å². The van der Waals surface area contributed by atoms with Crippen LogP contribution in [0.2, 0.25) is 0 Å². The molecule has 1 rings (SSSR count). The van der Waals surface area contributed by atoms with Crippen molar-refractivity contribution in [2.75, 3.05) is 24.3 Å². The fraction of sp³-hybridized carbons (Fsp3) is 0.333. The third kappa shape index (κ3) is 2.85. The van der Waals surface area contributed by atoms with Gasteiger partial charge in [0.15, 0.2) is 0 Å². The molecule has 1 amide bonds. The molecule has 88 valence electrons. The Bertz CT molecular complexity index is 390. The molecule has 0 aromatic carbocycles. The molecule has 0 aliphatic heterocycles. The van der Waals surface area contributed by atoms with Gasteiger partial charge in [0.05, 0.1) is 17.6 Å². The van der Waals surface area contributed by atoms with Crippen molar-refractivity contribution in [1.82, 2.24) is 4.98 Å². The first-order valence-electron chi connectivity index (χ1n) is 4.32. The number of halogens is 3. The van der Waals surface area contributed by atoms with Crippen LogP contribution in [0.15, 0.2) is 18.5 Å².